The lowest BCUT2D eigenvalue weighted by Gasteiger charge is -2.36. The summed E-state index contributed by atoms with van der Waals surface area (Å²) in [5.41, 5.74) is 4.56. The highest BCUT2D eigenvalue weighted by molar-refractivity contribution is 5.91. The van der Waals surface area contributed by atoms with Gasteiger partial charge in [-0.05, 0) is 54.7 Å². The van der Waals surface area contributed by atoms with Gasteiger partial charge in [0.15, 0.2) is 0 Å². The highest BCUT2D eigenvalue weighted by Gasteiger charge is 2.35. The van der Waals surface area contributed by atoms with Gasteiger partial charge in [0, 0.05) is 11.9 Å². The van der Waals surface area contributed by atoms with Crippen molar-refractivity contribution in [3.8, 4) is 0 Å². The first kappa shape index (κ1) is 42.5. The second kappa shape index (κ2) is 21.0. The highest BCUT2D eigenvalue weighted by atomic mass is 16.6. The second-order valence-electron chi connectivity index (χ2n) is 14.7. The molecule has 4 N–H and O–H groups in total. The Kier molecular flexibility index (Phi) is 16.2. The van der Waals surface area contributed by atoms with Crippen LogP contribution < -0.4 is 21.4 Å². The zero-order valence-electron chi connectivity index (χ0n) is 32.7. The third kappa shape index (κ3) is 12.9. The van der Waals surface area contributed by atoms with E-state index in [9.17, 15) is 24.0 Å². The summed E-state index contributed by atoms with van der Waals surface area (Å²) in [6, 6.07) is 17.5. The number of hydrogen-bond donors (Lipinski definition) is 4. The first-order valence-corrected chi connectivity index (χ1v) is 19.0. The molecule has 14 nitrogen and oxygen atoms in total. The Bertz CT molecular complexity index is 1730. The lowest BCUT2D eigenvalue weighted by atomic mass is 9.89. The number of esters is 1. The van der Waals surface area contributed by atoms with E-state index in [4.69, 9.17) is 14.2 Å². The Morgan fingerprint density at radius 1 is 0.745 bits per heavy atom. The number of methoxy groups -OCH3 is 2. The number of fused-ring (bicyclic) bond motifs is 1. The van der Waals surface area contributed by atoms with Gasteiger partial charge in [0.2, 0.25) is 5.91 Å². The van der Waals surface area contributed by atoms with E-state index in [0.29, 0.717) is 12.1 Å². The van der Waals surface area contributed by atoms with Crippen molar-refractivity contribution in [3.05, 3.63) is 78.0 Å². The number of hydrogen-bond acceptors (Lipinski definition) is 10. The molecule has 0 aliphatic heterocycles. The molecule has 1 aliphatic rings. The Labute approximate surface area is 323 Å². The van der Waals surface area contributed by atoms with Gasteiger partial charge in [0.05, 0.1) is 32.3 Å². The fraction of sp³-hybridized carbons (Fsp3) is 0.512. The molecule has 0 saturated heterocycles. The highest BCUT2D eigenvalue weighted by Crippen LogP contribution is 2.25. The van der Waals surface area contributed by atoms with Gasteiger partial charge in [-0.15, -0.1) is 0 Å². The molecular formula is C41H56N6O8. The van der Waals surface area contributed by atoms with Crippen LogP contribution in [0, 0.1) is 17.8 Å². The monoisotopic (exact) mass is 760 g/mol. The minimum absolute atomic E-state index is 0.0286. The van der Waals surface area contributed by atoms with Crippen LogP contribution in [0.2, 0.25) is 0 Å². The lowest BCUT2D eigenvalue weighted by Crippen LogP contribution is -2.60. The SMILES string of the molecule is COC(=O)NC(C(=O)NC(Cc1ccccc1)C(CN(CC1CCCCC1)NC(=O)C(NC(=O)OC)C(C)C)OC(=O)c1ccc2ccccc2n1)C(C)C. The van der Waals surface area contributed by atoms with E-state index in [1.807, 2.05) is 62.4 Å². The van der Waals surface area contributed by atoms with Crippen LogP contribution in [0.4, 0.5) is 9.59 Å². The maximum Gasteiger partial charge on any atom is 0.407 e. The average molecular weight is 761 g/mol. The number of carbonyl (C=O) groups is 5. The number of pyridine rings is 1. The first-order chi connectivity index (χ1) is 26.4. The molecule has 298 valence electrons. The zero-order valence-corrected chi connectivity index (χ0v) is 32.7. The summed E-state index contributed by atoms with van der Waals surface area (Å²) in [4.78, 5) is 71.1. The summed E-state index contributed by atoms with van der Waals surface area (Å²) in [6.07, 6.45) is 2.81. The number of amides is 4. The number of aromatic nitrogens is 1. The topological polar surface area (TPSA) is 177 Å². The quantitative estimate of drug-likeness (QED) is 0.0817. The summed E-state index contributed by atoms with van der Waals surface area (Å²) in [5.74, 6) is -2.07. The summed E-state index contributed by atoms with van der Waals surface area (Å²) in [6.45, 7) is 7.62. The molecule has 4 atom stereocenters. The largest absolute Gasteiger partial charge is 0.454 e. The van der Waals surface area contributed by atoms with Gasteiger partial charge >= 0.3 is 18.2 Å². The van der Waals surface area contributed by atoms with E-state index in [-0.39, 0.29) is 36.4 Å². The Balaban J connectivity index is 1.76. The minimum atomic E-state index is -1.05. The van der Waals surface area contributed by atoms with E-state index in [1.165, 1.54) is 14.2 Å². The molecule has 1 heterocycles. The van der Waals surface area contributed by atoms with Gasteiger partial charge in [0.25, 0.3) is 5.91 Å². The van der Waals surface area contributed by atoms with Crippen LogP contribution in [-0.4, -0.2) is 91.5 Å². The summed E-state index contributed by atoms with van der Waals surface area (Å²) in [5, 5.41) is 10.9. The molecule has 3 aromatic rings. The molecule has 0 bridgehead atoms. The first-order valence-electron chi connectivity index (χ1n) is 19.0. The maximum atomic E-state index is 14.1. The van der Waals surface area contributed by atoms with E-state index in [1.54, 1.807) is 37.1 Å². The maximum absolute atomic E-state index is 14.1. The van der Waals surface area contributed by atoms with Crippen LogP contribution in [0.5, 0.6) is 0 Å². The number of nitrogens with zero attached hydrogens (tertiary/aromatic N) is 2. The predicted octanol–water partition coefficient (Wildman–Crippen LogP) is 5.16. The number of alkyl carbamates (subject to hydrolysis) is 2. The van der Waals surface area contributed by atoms with E-state index < -0.39 is 54.2 Å². The second-order valence-corrected chi connectivity index (χ2v) is 14.7. The molecule has 0 spiro atoms. The molecule has 0 radical (unpaired) electrons. The van der Waals surface area contributed by atoms with Crippen molar-refractivity contribution in [1.82, 2.24) is 31.4 Å². The van der Waals surface area contributed by atoms with Crippen LogP contribution in [0.15, 0.2) is 66.7 Å². The fourth-order valence-corrected chi connectivity index (χ4v) is 6.77. The van der Waals surface area contributed by atoms with Crippen LogP contribution in [-0.2, 0) is 30.2 Å². The summed E-state index contributed by atoms with van der Waals surface area (Å²) < 4.78 is 15.9. The molecular weight excluding hydrogens is 704 g/mol. The van der Waals surface area contributed by atoms with E-state index >= 15 is 0 Å². The minimum Gasteiger partial charge on any atom is -0.454 e. The van der Waals surface area contributed by atoms with Gasteiger partial charge in [0.1, 0.15) is 23.9 Å². The lowest BCUT2D eigenvalue weighted by molar-refractivity contribution is -0.131. The van der Waals surface area contributed by atoms with Crippen LogP contribution in [0.25, 0.3) is 10.9 Å². The molecule has 1 aliphatic carbocycles. The van der Waals surface area contributed by atoms with Crippen molar-refractivity contribution < 1.29 is 38.2 Å². The van der Waals surface area contributed by atoms with Gasteiger partial charge in [-0.1, -0.05) is 102 Å². The number of rotatable bonds is 17. The van der Waals surface area contributed by atoms with Gasteiger partial charge < -0.3 is 30.2 Å². The fourth-order valence-electron chi connectivity index (χ4n) is 6.77. The van der Waals surface area contributed by atoms with E-state index in [2.05, 4.69) is 26.4 Å². The van der Waals surface area contributed by atoms with Crippen molar-refractivity contribution in [1.29, 1.82) is 0 Å². The number of ether oxygens (including phenoxy) is 3. The van der Waals surface area contributed by atoms with Gasteiger partial charge in [-0.25, -0.2) is 24.4 Å². The van der Waals surface area contributed by atoms with Crippen molar-refractivity contribution in [2.75, 3.05) is 27.3 Å². The van der Waals surface area contributed by atoms with Crippen LogP contribution >= 0.6 is 0 Å². The standard InChI is InChI=1S/C41H56N6O8/c1-26(2)35(44-40(51)53-5)37(48)43-33(23-28-15-9-7-10-16-28)34(55-39(50)32-22-21-30-19-13-14-20-31(30)42-32)25-47(24-29-17-11-8-12-18-29)46-38(49)36(27(3)4)45-41(52)54-6/h7,9-10,13-16,19-22,26-27,29,33-36H,8,11-12,17-18,23-25H2,1-6H3,(H,43,48)(H,44,51)(H,45,52)(H,46,49). The van der Waals surface area contributed by atoms with Crippen molar-refractivity contribution in [2.24, 2.45) is 17.8 Å². The number of para-hydroxylation sites is 1. The molecule has 55 heavy (non-hydrogen) atoms. The zero-order chi connectivity index (χ0) is 39.9. The van der Waals surface area contributed by atoms with Gasteiger partial charge in [-0.3, -0.25) is 15.0 Å². The summed E-state index contributed by atoms with van der Waals surface area (Å²) >= 11 is 0. The van der Waals surface area contributed by atoms with Crippen molar-refractivity contribution in [2.45, 2.75) is 90.4 Å². The third-order valence-electron chi connectivity index (χ3n) is 9.83. The van der Waals surface area contributed by atoms with Gasteiger partial charge in [-0.2, -0.15) is 0 Å². The normalized spacial score (nSPS) is 15.4. The number of benzene rings is 2. The third-order valence-corrected chi connectivity index (χ3v) is 9.83. The average Bonchev–Trinajstić information content (AvgIpc) is 3.18. The molecule has 1 aromatic heterocycles. The molecule has 1 fully saturated rings. The number of nitrogens with one attached hydrogen (secondary N) is 4. The van der Waals surface area contributed by atoms with Crippen molar-refractivity contribution in [3.63, 3.8) is 0 Å². The molecule has 4 rings (SSSR count). The van der Waals surface area contributed by atoms with Crippen molar-refractivity contribution >= 4 is 40.9 Å². The number of carbonyl (C=O) groups excluding carboxylic acids is 5. The molecule has 14 heteroatoms. The molecule has 2 aromatic carbocycles. The van der Waals surface area contributed by atoms with Crippen LogP contribution in [0.1, 0.15) is 75.9 Å². The predicted molar refractivity (Wildman–Crippen MR) is 208 cm³/mol. The Morgan fingerprint density at radius 3 is 1.96 bits per heavy atom. The Morgan fingerprint density at radius 2 is 1.35 bits per heavy atom. The van der Waals surface area contributed by atoms with Crippen LogP contribution in [0.3, 0.4) is 0 Å². The van der Waals surface area contributed by atoms with E-state index in [0.717, 1.165) is 43.1 Å². The summed E-state index contributed by atoms with van der Waals surface area (Å²) in [7, 11) is 2.45. The smallest absolute Gasteiger partial charge is 0.407 e. The Hall–Kier alpha value is -5.24. The molecule has 4 unspecified atom stereocenters. The number of hydrazine groups is 1. The molecule has 4 amide bonds. The molecule has 1 saturated carbocycles.